The number of nitrogens with one attached hydrogen (secondary N) is 1. The average Bonchev–Trinajstić information content (AvgIpc) is 2.76. The predicted molar refractivity (Wildman–Crippen MR) is 96.1 cm³/mol. The Hall–Kier alpha value is -0.870. The Morgan fingerprint density at radius 3 is 2.52 bits per heavy atom. The maximum atomic E-state index is 13.2. The minimum atomic E-state index is -0.729. The number of alkyl halides is 1. The molecule has 3 nitrogen and oxygen atoms in total. The molecule has 2 aliphatic rings. The number of amides is 1. The molecule has 1 amide bonds. The Kier molecular flexibility index (Phi) is 3.73. The van der Waals surface area contributed by atoms with E-state index in [1.165, 1.54) is 0 Å². The first-order chi connectivity index (χ1) is 10.6. The highest BCUT2D eigenvalue weighted by atomic mass is 79.9. The van der Waals surface area contributed by atoms with Gasteiger partial charge in [0.15, 0.2) is 5.78 Å². The van der Waals surface area contributed by atoms with Gasteiger partial charge in [0.05, 0.1) is 10.2 Å². The van der Waals surface area contributed by atoms with E-state index in [1.807, 2.05) is 39.8 Å². The van der Waals surface area contributed by atoms with E-state index in [0.717, 1.165) is 12.0 Å². The lowest BCUT2D eigenvalue weighted by molar-refractivity contribution is -0.130. The fourth-order valence-corrected chi connectivity index (χ4v) is 6.12. The van der Waals surface area contributed by atoms with Crippen molar-refractivity contribution in [3.8, 4) is 0 Å². The lowest BCUT2D eigenvalue weighted by Gasteiger charge is -2.39. The van der Waals surface area contributed by atoms with Crippen molar-refractivity contribution in [2.45, 2.75) is 45.4 Å². The number of benzene rings is 1. The van der Waals surface area contributed by atoms with Crippen LogP contribution in [0.4, 0.5) is 5.69 Å². The average molecular weight is 399 g/mol. The molecule has 0 heterocycles. The van der Waals surface area contributed by atoms with E-state index in [0.29, 0.717) is 17.1 Å². The quantitative estimate of drug-likeness (QED) is 0.731. The third-order valence-electron chi connectivity index (χ3n) is 6.64. The Bertz CT molecular complexity index is 717. The van der Waals surface area contributed by atoms with E-state index in [1.54, 1.807) is 6.07 Å². The van der Waals surface area contributed by atoms with Gasteiger partial charge >= 0.3 is 0 Å². The summed E-state index contributed by atoms with van der Waals surface area (Å²) in [6.07, 6.45) is 1.46. The Labute approximate surface area is 150 Å². The molecule has 3 atom stereocenters. The summed E-state index contributed by atoms with van der Waals surface area (Å²) >= 11 is 9.69. The summed E-state index contributed by atoms with van der Waals surface area (Å²) < 4.78 is 0. The normalized spacial score (nSPS) is 34.7. The number of ketones is 1. The highest BCUT2D eigenvalue weighted by Crippen LogP contribution is 2.72. The molecule has 0 unspecified atom stereocenters. The van der Waals surface area contributed by atoms with E-state index in [2.05, 4.69) is 21.2 Å². The summed E-state index contributed by atoms with van der Waals surface area (Å²) in [5, 5.41) is 3.65. The van der Waals surface area contributed by atoms with Crippen molar-refractivity contribution >= 4 is 44.9 Å². The van der Waals surface area contributed by atoms with Gasteiger partial charge in [0.25, 0.3) is 0 Å². The van der Waals surface area contributed by atoms with E-state index >= 15 is 0 Å². The van der Waals surface area contributed by atoms with Crippen LogP contribution in [0.25, 0.3) is 0 Å². The Morgan fingerprint density at radius 2 is 1.96 bits per heavy atom. The van der Waals surface area contributed by atoms with Crippen molar-refractivity contribution in [1.29, 1.82) is 0 Å². The van der Waals surface area contributed by atoms with Gasteiger partial charge in [0.1, 0.15) is 0 Å². The number of anilines is 1. The predicted octanol–water partition coefficient (Wildman–Crippen LogP) is 4.75. The zero-order chi connectivity index (χ0) is 17.2. The monoisotopic (exact) mass is 397 g/mol. The molecule has 0 aromatic heterocycles. The lowest BCUT2D eigenvalue weighted by Crippen LogP contribution is -2.48. The minimum absolute atomic E-state index is 0.0932. The van der Waals surface area contributed by atoms with E-state index in [4.69, 9.17) is 11.6 Å². The molecule has 2 saturated carbocycles. The molecular weight excluding hydrogens is 378 g/mol. The van der Waals surface area contributed by atoms with Gasteiger partial charge in [0, 0.05) is 16.1 Å². The number of carbonyl (C=O) groups is 2. The molecule has 23 heavy (non-hydrogen) atoms. The van der Waals surface area contributed by atoms with Gasteiger partial charge in [-0.25, -0.2) is 0 Å². The molecular formula is C18H21BrClNO2. The highest BCUT2D eigenvalue weighted by molar-refractivity contribution is 9.10. The molecule has 0 spiro atoms. The van der Waals surface area contributed by atoms with Crippen molar-refractivity contribution in [3.05, 3.63) is 28.8 Å². The first-order valence-corrected chi connectivity index (χ1v) is 9.14. The van der Waals surface area contributed by atoms with E-state index < -0.39 is 21.1 Å². The van der Waals surface area contributed by atoms with Crippen molar-refractivity contribution in [2.24, 2.45) is 16.2 Å². The van der Waals surface area contributed by atoms with E-state index in [-0.39, 0.29) is 11.7 Å². The van der Waals surface area contributed by atoms with Crippen LogP contribution in [0, 0.1) is 23.2 Å². The third-order valence-corrected chi connectivity index (χ3v) is 8.25. The first-order valence-electron chi connectivity index (χ1n) is 7.84. The number of hydrogen-bond acceptors (Lipinski definition) is 2. The van der Waals surface area contributed by atoms with Gasteiger partial charge in [-0.05, 0) is 42.9 Å². The third kappa shape index (κ3) is 1.88. The van der Waals surface area contributed by atoms with Gasteiger partial charge < -0.3 is 5.32 Å². The maximum Gasteiger partial charge on any atom is 0.232 e. The van der Waals surface area contributed by atoms with Crippen LogP contribution in [0.2, 0.25) is 5.02 Å². The van der Waals surface area contributed by atoms with Gasteiger partial charge in [-0.15, -0.1) is 0 Å². The molecule has 124 valence electrons. The van der Waals surface area contributed by atoms with Crippen molar-refractivity contribution in [2.75, 3.05) is 5.32 Å². The fourth-order valence-electron chi connectivity index (χ4n) is 4.43. The number of Topliss-reactive ketones (excluding diaryl/α,β-unsaturated/α-hetero) is 1. The zero-order valence-corrected chi connectivity index (χ0v) is 16.1. The molecule has 2 bridgehead atoms. The second kappa shape index (κ2) is 5.06. The minimum Gasteiger partial charge on any atom is -0.325 e. The smallest absolute Gasteiger partial charge is 0.232 e. The van der Waals surface area contributed by atoms with Gasteiger partial charge in [-0.2, -0.15) is 0 Å². The number of hydrogen-bond donors (Lipinski definition) is 1. The fraction of sp³-hybridized carbons (Fsp3) is 0.556. The van der Waals surface area contributed by atoms with Gasteiger partial charge in [-0.3, -0.25) is 9.59 Å². The number of halogens is 2. The summed E-state index contributed by atoms with van der Waals surface area (Å²) in [6.45, 7) is 7.97. The second-order valence-corrected chi connectivity index (χ2v) is 8.84. The number of carbonyl (C=O) groups excluding carboxylic acids is 2. The Balaban J connectivity index is 2.02. The molecule has 1 aromatic rings. The first kappa shape index (κ1) is 17.0. The summed E-state index contributed by atoms with van der Waals surface area (Å²) in [6, 6.07) is 5.46. The summed E-state index contributed by atoms with van der Waals surface area (Å²) in [4.78, 5) is 25.5. The number of rotatable bonds is 2. The molecule has 2 aliphatic carbocycles. The maximum absolute atomic E-state index is 13.2. The number of fused-ring (bicyclic) bond motifs is 2. The molecule has 2 fully saturated rings. The largest absolute Gasteiger partial charge is 0.325 e. The van der Waals surface area contributed by atoms with Crippen LogP contribution in [-0.2, 0) is 9.59 Å². The molecule has 1 aromatic carbocycles. The summed E-state index contributed by atoms with van der Waals surface area (Å²) in [7, 11) is 0. The molecule has 3 rings (SSSR count). The Morgan fingerprint density at radius 1 is 1.30 bits per heavy atom. The molecule has 0 aliphatic heterocycles. The standard InChI is InChI=1S/C18H21BrClNO2/c1-10-11(20)6-5-7-12(10)21-15(23)18-9-8-17(4,16(18,2)3)14(22)13(18)19/h5-7,13H,8-9H2,1-4H3,(H,21,23)/t13-,17+,18-/m1/s1. The lowest BCUT2D eigenvalue weighted by atomic mass is 9.64. The van der Waals surface area contributed by atoms with Crippen LogP contribution in [0.1, 0.15) is 39.2 Å². The van der Waals surface area contributed by atoms with Gasteiger partial charge in [-0.1, -0.05) is 54.4 Å². The van der Waals surface area contributed by atoms with Crippen LogP contribution in [0.3, 0.4) is 0 Å². The molecule has 0 saturated heterocycles. The molecule has 0 radical (unpaired) electrons. The summed E-state index contributed by atoms with van der Waals surface area (Å²) in [5.41, 5.74) is -0.0367. The summed E-state index contributed by atoms with van der Waals surface area (Å²) in [5.74, 6) is 0.0519. The van der Waals surface area contributed by atoms with Gasteiger partial charge in [0.2, 0.25) is 5.91 Å². The molecule has 1 N–H and O–H groups in total. The van der Waals surface area contributed by atoms with Crippen LogP contribution < -0.4 is 5.32 Å². The van der Waals surface area contributed by atoms with Crippen molar-refractivity contribution in [1.82, 2.24) is 0 Å². The SMILES string of the molecule is Cc1c(Cl)cccc1NC(=O)[C@@]12CC[C@@](C)(C(=O)[C@H]1Br)C2(C)C. The topological polar surface area (TPSA) is 46.2 Å². The molecule has 5 heteroatoms. The second-order valence-electron chi connectivity index (χ2n) is 7.52. The van der Waals surface area contributed by atoms with Crippen molar-refractivity contribution in [3.63, 3.8) is 0 Å². The highest BCUT2D eigenvalue weighted by Gasteiger charge is 2.76. The zero-order valence-electron chi connectivity index (χ0n) is 13.8. The van der Waals surface area contributed by atoms with Crippen LogP contribution >= 0.6 is 27.5 Å². The van der Waals surface area contributed by atoms with Crippen LogP contribution in [0.5, 0.6) is 0 Å². The van der Waals surface area contributed by atoms with Crippen LogP contribution in [0.15, 0.2) is 18.2 Å². The van der Waals surface area contributed by atoms with E-state index in [9.17, 15) is 9.59 Å². The van der Waals surface area contributed by atoms with Crippen LogP contribution in [-0.4, -0.2) is 16.5 Å². The van der Waals surface area contributed by atoms with Crippen molar-refractivity contribution < 1.29 is 9.59 Å².